The predicted octanol–water partition coefficient (Wildman–Crippen LogP) is 2.62. The molecule has 0 saturated carbocycles. The number of ether oxygens (including phenoxy) is 1. The van der Waals surface area contributed by atoms with Crippen molar-refractivity contribution in [2.75, 3.05) is 19.0 Å². The first kappa shape index (κ1) is 14.2. The summed E-state index contributed by atoms with van der Waals surface area (Å²) in [5.74, 6) is 0.456. The zero-order chi connectivity index (χ0) is 12.9. The number of benzene rings is 1. The van der Waals surface area contributed by atoms with E-state index in [0.29, 0.717) is 17.4 Å². The minimum Gasteiger partial charge on any atom is -0.381 e. The van der Waals surface area contributed by atoms with Crippen LogP contribution in [0, 0.1) is 0 Å². The summed E-state index contributed by atoms with van der Waals surface area (Å²) in [6.07, 6.45) is 0. The van der Waals surface area contributed by atoms with Crippen molar-refractivity contribution < 1.29 is 13.2 Å². The molecule has 0 aromatic heterocycles. The Morgan fingerprint density at radius 2 is 1.76 bits per heavy atom. The van der Waals surface area contributed by atoms with Gasteiger partial charge in [0.25, 0.3) is 0 Å². The van der Waals surface area contributed by atoms with Gasteiger partial charge in [-0.25, -0.2) is 8.42 Å². The van der Waals surface area contributed by atoms with Gasteiger partial charge in [-0.15, -0.1) is 0 Å². The number of sulfone groups is 1. The molecule has 0 amide bonds. The van der Waals surface area contributed by atoms with Crippen molar-refractivity contribution in [3.63, 3.8) is 0 Å². The van der Waals surface area contributed by atoms with Gasteiger partial charge in [0.1, 0.15) is 0 Å². The fourth-order valence-corrected chi connectivity index (χ4v) is 2.61. The molecular formula is C13H20O3S. The molecule has 3 nitrogen and oxygen atoms in total. The molecule has 0 fully saturated rings. The second kappa shape index (κ2) is 6.17. The summed E-state index contributed by atoms with van der Waals surface area (Å²) >= 11 is 0. The van der Waals surface area contributed by atoms with Crippen LogP contribution < -0.4 is 0 Å². The Balaban J connectivity index is 2.78. The first-order chi connectivity index (χ1) is 7.97. The SMILES string of the molecule is CCOCCS(=O)(=O)c1ccc(C(C)C)cc1. The molecule has 17 heavy (non-hydrogen) atoms. The van der Waals surface area contributed by atoms with Crippen LogP contribution in [-0.2, 0) is 14.6 Å². The van der Waals surface area contributed by atoms with Gasteiger partial charge in [-0.1, -0.05) is 26.0 Å². The van der Waals surface area contributed by atoms with Gasteiger partial charge in [-0.3, -0.25) is 0 Å². The lowest BCUT2D eigenvalue weighted by atomic mass is 10.0. The van der Waals surface area contributed by atoms with Crippen molar-refractivity contribution in [3.8, 4) is 0 Å². The molecule has 0 atom stereocenters. The van der Waals surface area contributed by atoms with Crippen LogP contribution in [0.3, 0.4) is 0 Å². The maximum Gasteiger partial charge on any atom is 0.180 e. The molecule has 1 aromatic rings. The van der Waals surface area contributed by atoms with Crippen molar-refractivity contribution >= 4 is 9.84 Å². The van der Waals surface area contributed by atoms with Gasteiger partial charge in [0.15, 0.2) is 9.84 Å². The lowest BCUT2D eigenvalue weighted by Crippen LogP contribution is -2.12. The summed E-state index contributed by atoms with van der Waals surface area (Å²) in [6, 6.07) is 7.10. The molecule has 1 rings (SSSR count). The van der Waals surface area contributed by atoms with Crippen LogP contribution in [0.2, 0.25) is 0 Å². The summed E-state index contributed by atoms with van der Waals surface area (Å²) < 4.78 is 28.9. The average molecular weight is 256 g/mol. The molecule has 0 bridgehead atoms. The molecule has 4 heteroatoms. The largest absolute Gasteiger partial charge is 0.381 e. The summed E-state index contributed by atoms with van der Waals surface area (Å²) in [4.78, 5) is 0.376. The van der Waals surface area contributed by atoms with E-state index >= 15 is 0 Å². The highest BCUT2D eigenvalue weighted by atomic mass is 32.2. The minimum atomic E-state index is -3.20. The quantitative estimate of drug-likeness (QED) is 0.735. The van der Waals surface area contributed by atoms with E-state index in [4.69, 9.17) is 4.74 Å². The molecule has 0 aliphatic heterocycles. The average Bonchev–Trinajstić information content (AvgIpc) is 2.29. The van der Waals surface area contributed by atoms with E-state index < -0.39 is 9.84 Å². The lowest BCUT2D eigenvalue weighted by molar-refractivity contribution is 0.163. The molecule has 0 aliphatic carbocycles. The van der Waals surface area contributed by atoms with E-state index in [9.17, 15) is 8.42 Å². The Morgan fingerprint density at radius 3 is 2.24 bits per heavy atom. The molecule has 0 heterocycles. The molecule has 0 N–H and O–H groups in total. The van der Waals surface area contributed by atoms with Crippen LogP contribution >= 0.6 is 0 Å². The summed E-state index contributed by atoms with van der Waals surface area (Å²) in [5.41, 5.74) is 1.15. The summed E-state index contributed by atoms with van der Waals surface area (Å²) in [7, 11) is -3.20. The molecular weight excluding hydrogens is 236 g/mol. The van der Waals surface area contributed by atoms with Crippen LogP contribution in [0.4, 0.5) is 0 Å². The molecule has 0 unspecified atom stereocenters. The topological polar surface area (TPSA) is 43.4 Å². The van der Waals surface area contributed by atoms with Gasteiger partial charge in [0.2, 0.25) is 0 Å². The van der Waals surface area contributed by atoms with Gasteiger partial charge in [-0.2, -0.15) is 0 Å². The maximum absolute atomic E-state index is 11.9. The number of hydrogen-bond acceptors (Lipinski definition) is 3. The number of rotatable bonds is 6. The first-order valence-corrected chi connectivity index (χ1v) is 7.53. The molecule has 0 saturated heterocycles. The molecule has 0 spiro atoms. The summed E-state index contributed by atoms with van der Waals surface area (Å²) in [6.45, 7) is 6.81. The monoisotopic (exact) mass is 256 g/mol. The zero-order valence-corrected chi connectivity index (χ0v) is 11.5. The summed E-state index contributed by atoms with van der Waals surface area (Å²) in [5, 5.41) is 0. The predicted molar refractivity (Wildman–Crippen MR) is 69.1 cm³/mol. The van der Waals surface area contributed by atoms with Crippen molar-refractivity contribution in [2.45, 2.75) is 31.6 Å². The van der Waals surface area contributed by atoms with Gasteiger partial charge in [0.05, 0.1) is 17.3 Å². The Labute approximate surface area is 104 Å². The van der Waals surface area contributed by atoms with E-state index in [1.54, 1.807) is 12.1 Å². The van der Waals surface area contributed by atoms with Gasteiger partial charge in [0, 0.05) is 6.61 Å². The fourth-order valence-electron chi connectivity index (χ4n) is 1.49. The van der Waals surface area contributed by atoms with Gasteiger partial charge >= 0.3 is 0 Å². The second-order valence-electron chi connectivity index (χ2n) is 4.24. The van der Waals surface area contributed by atoms with Crippen molar-refractivity contribution in [3.05, 3.63) is 29.8 Å². The maximum atomic E-state index is 11.9. The van der Waals surface area contributed by atoms with Crippen molar-refractivity contribution in [1.82, 2.24) is 0 Å². The van der Waals surface area contributed by atoms with Crippen LogP contribution in [0.25, 0.3) is 0 Å². The Bertz CT molecular complexity index is 432. The Kier molecular flexibility index (Phi) is 5.15. The highest BCUT2D eigenvalue weighted by Crippen LogP contribution is 2.18. The highest BCUT2D eigenvalue weighted by molar-refractivity contribution is 7.91. The standard InChI is InChI=1S/C13H20O3S/c1-4-16-9-10-17(14,15)13-7-5-12(6-8-13)11(2)3/h5-8,11H,4,9-10H2,1-3H3. The zero-order valence-electron chi connectivity index (χ0n) is 10.6. The van der Waals surface area contributed by atoms with E-state index in [1.165, 1.54) is 0 Å². The molecule has 1 aromatic carbocycles. The third-order valence-corrected chi connectivity index (χ3v) is 4.30. The minimum absolute atomic E-state index is 0.0435. The highest BCUT2D eigenvalue weighted by Gasteiger charge is 2.14. The van der Waals surface area contributed by atoms with E-state index in [0.717, 1.165) is 5.56 Å². The van der Waals surface area contributed by atoms with Crippen LogP contribution in [0.1, 0.15) is 32.3 Å². The smallest absolute Gasteiger partial charge is 0.180 e. The van der Waals surface area contributed by atoms with Crippen LogP contribution in [0.5, 0.6) is 0 Å². The third-order valence-electron chi connectivity index (χ3n) is 2.61. The number of hydrogen-bond donors (Lipinski definition) is 0. The molecule has 0 radical (unpaired) electrons. The van der Waals surface area contributed by atoms with E-state index in [1.807, 2.05) is 19.1 Å². The fraction of sp³-hybridized carbons (Fsp3) is 0.538. The van der Waals surface area contributed by atoms with E-state index in [-0.39, 0.29) is 12.4 Å². The van der Waals surface area contributed by atoms with Crippen LogP contribution in [-0.4, -0.2) is 27.4 Å². The van der Waals surface area contributed by atoms with Gasteiger partial charge in [-0.05, 0) is 30.5 Å². The Hall–Kier alpha value is -0.870. The molecule has 96 valence electrons. The molecule has 0 aliphatic rings. The normalized spacial score (nSPS) is 12.0. The van der Waals surface area contributed by atoms with Crippen LogP contribution in [0.15, 0.2) is 29.2 Å². The van der Waals surface area contributed by atoms with Crippen molar-refractivity contribution in [1.29, 1.82) is 0 Å². The third kappa shape index (κ3) is 4.13. The second-order valence-corrected chi connectivity index (χ2v) is 6.35. The Morgan fingerprint density at radius 1 is 1.18 bits per heavy atom. The van der Waals surface area contributed by atoms with Crippen molar-refractivity contribution in [2.24, 2.45) is 0 Å². The first-order valence-electron chi connectivity index (χ1n) is 5.88. The van der Waals surface area contributed by atoms with Gasteiger partial charge < -0.3 is 4.74 Å². The lowest BCUT2D eigenvalue weighted by Gasteiger charge is -2.08. The van der Waals surface area contributed by atoms with E-state index in [2.05, 4.69) is 13.8 Å².